The van der Waals surface area contributed by atoms with E-state index in [1.165, 1.54) is 12.1 Å². The number of nitrogens with one attached hydrogen (secondary N) is 1. The number of anilines is 1. The zero-order valence-electron chi connectivity index (χ0n) is 9.40. The molecular weight excluding hydrogens is 279 g/mol. The highest BCUT2D eigenvalue weighted by Gasteiger charge is 2.16. The van der Waals surface area contributed by atoms with Crippen LogP contribution in [0.2, 0.25) is 0 Å². The van der Waals surface area contributed by atoms with Gasteiger partial charge < -0.3 is 0 Å². The van der Waals surface area contributed by atoms with Gasteiger partial charge in [-0.1, -0.05) is 6.07 Å². The first kappa shape index (κ1) is 13.4. The average molecular weight is 287 g/mol. The summed E-state index contributed by atoms with van der Waals surface area (Å²) in [6.45, 7) is 0. The molecule has 3 nitrogen and oxygen atoms in total. The molecule has 1 N–H and O–H groups in total. The third-order valence-corrected chi connectivity index (χ3v) is 3.58. The van der Waals surface area contributed by atoms with Crippen molar-refractivity contribution >= 4 is 15.7 Å². The Kier molecular flexibility index (Phi) is 3.48. The standard InChI is InChI=1S/C12H8F3NO2S/c13-8-2-1-3-11(5-8)16-19(17,18)12-6-9(14)4-10(15)7-12/h1-7,16H. The smallest absolute Gasteiger partial charge is 0.262 e. The predicted molar refractivity (Wildman–Crippen MR) is 63.6 cm³/mol. The second-order valence-electron chi connectivity index (χ2n) is 3.72. The van der Waals surface area contributed by atoms with E-state index in [2.05, 4.69) is 0 Å². The van der Waals surface area contributed by atoms with Crippen LogP contribution in [0, 0.1) is 17.5 Å². The molecule has 0 aliphatic rings. The lowest BCUT2D eigenvalue weighted by molar-refractivity contribution is 0.568. The van der Waals surface area contributed by atoms with Crippen LogP contribution in [-0.4, -0.2) is 8.42 Å². The highest BCUT2D eigenvalue weighted by Crippen LogP contribution is 2.18. The van der Waals surface area contributed by atoms with Gasteiger partial charge in [0.25, 0.3) is 10.0 Å². The minimum atomic E-state index is -4.17. The highest BCUT2D eigenvalue weighted by molar-refractivity contribution is 7.92. The van der Waals surface area contributed by atoms with E-state index in [1.54, 1.807) is 0 Å². The van der Waals surface area contributed by atoms with Gasteiger partial charge in [0, 0.05) is 6.07 Å². The molecule has 2 rings (SSSR count). The van der Waals surface area contributed by atoms with Crippen LogP contribution >= 0.6 is 0 Å². The highest BCUT2D eigenvalue weighted by atomic mass is 32.2. The fourth-order valence-electron chi connectivity index (χ4n) is 1.45. The van der Waals surface area contributed by atoms with Gasteiger partial charge in [-0.25, -0.2) is 21.6 Å². The molecule has 0 bridgehead atoms. The molecule has 7 heteroatoms. The molecule has 2 aromatic carbocycles. The quantitative estimate of drug-likeness (QED) is 0.943. The van der Waals surface area contributed by atoms with E-state index in [9.17, 15) is 21.6 Å². The lowest BCUT2D eigenvalue weighted by atomic mass is 10.3. The van der Waals surface area contributed by atoms with Crippen LogP contribution in [0.4, 0.5) is 18.9 Å². The molecule has 0 unspecified atom stereocenters. The Labute approximate surface area is 107 Å². The summed E-state index contributed by atoms with van der Waals surface area (Å²) in [4.78, 5) is -0.575. The Hall–Kier alpha value is -2.02. The number of hydrogen-bond donors (Lipinski definition) is 1. The molecule has 0 aliphatic heterocycles. The van der Waals surface area contributed by atoms with Crippen LogP contribution in [0.15, 0.2) is 47.4 Å². The molecule has 0 spiro atoms. The van der Waals surface area contributed by atoms with Gasteiger partial charge in [0.05, 0.1) is 10.6 Å². The molecular formula is C12H8F3NO2S. The molecule has 0 atom stereocenters. The average Bonchev–Trinajstić information content (AvgIpc) is 2.26. The van der Waals surface area contributed by atoms with Crippen molar-refractivity contribution in [1.29, 1.82) is 0 Å². The monoisotopic (exact) mass is 287 g/mol. The van der Waals surface area contributed by atoms with Gasteiger partial charge in [0.15, 0.2) is 0 Å². The molecule has 0 amide bonds. The van der Waals surface area contributed by atoms with E-state index < -0.39 is 32.4 Å². The summed E-state index contributed by atoms with van der Waals surface area (Å²) in [5.74, 6) is -2.66. The maximum absolute atomic E-state index is 13.0. The predicted octanol–water partition coefficient (Wildman–Crippen LogP) is 2.90. The summed E-state index contributed by atoms with van der Waals surface area (Å²) >= 11 is 0. The fraction of sp³-hybridized carbons (Fsp3) is 0. The SMILES string of the molecule is O=S(=O)(Nc1cccc(F)c1)c1cc(F)cc(F)c1. The van der Waals surface area contributed by atoms with Crippen molar-refractivity contribution in [3.8, 4) is 0 Å². The van der Waals surface area contributed by atoms with Crippen molar-refractivity contribution in [1.82, 2.24) is 0 Å². The first-order valence-corrected chi connectivity index (χ1v) is 6.60. The second-order valence-corrected chi connectivity index (χ2v) is 5.40. The van der Waals surface area contributed by atoms with Crippen molar-refractivity contribution in [3.63, 3.8) is 0 Å². The molecule has 0 radical (unpaired) electrons. The fourth-order valence-corrected chi connectivity index (χ4v) is 2.54. The molecule has 0 heterocycles. The lowest BCUT2D eigenvalue weighted by Crippen LogP contribution is -2.13. The van der Waals surface area contributed by atoms with Gasteiger partial charge in [-0.3, -0.25) is 4.72 Å². The first-order chi connectivity index (χ1) is 8.87. The molecule has 0 saturated heterocycles. The maximum Gasteiger partial charge on any atom is 0.262 e. The number of sulfonamides is 1. The van der Waals surface area contributed by atoms with Gasteiger partial charge in [0.2, 0.25) is 0 Å². The van der Waals surface area contributed by atoms with Crippen LogP contribution in [-0.2, 0) is 10.0 Å². The molecule has 2 aromatic rings. The number of benzene rings is 2. The van der Waals surface area contributed by atoms with Crippen LogP contribution in [0.25, 0.3) is 0 Å². The van der Waals surface area contributed by atoms with Crippen molar-refractivity contribution in [3.05, 3.63) is 59.9 Å². The zero-order chi connectivity index (χ0) is 14.0. The summed E-state index contributed by atoms with van der Waals surface area (Å²) in [6, 6.07) is 6.61. The van der Waals surface area contributed by atoms with E-state index >= 15 is 0 Å². The second kappa shape index (κ2) is 4.93. The molecule has 100 valence electrons. The molecule has 0 saturated carbocycles. The van der Waals surface area contributed by atoms with Gasteiger partial charge in [-0.15, -0.1) is 0 Å². The minimum Gasteiger partial charge on any atom is -0.280 e. The largest absolute Gasteiger partial charge is 0.280 e. The maximum atomic E-state index is 13.0. The van der Waals surface area contributed by atoms with E-state index in [1.807, 2.05) is 4.72 Å². The van der Waals surface area contributed by atoms with Gasteiger partial charge in [-0.2, -0.15) is 0 Å². The van der Waals surface area contributed by atoms with Crippen LogP contribution in [0.1, 0.15) is 0 Å². The Morgan fingerprint density at radius 2 is 1.47 bits per heavy atom. The van der Waals surface area contributed by atoms with Gasteiger partial charge in [0.1, 0.15) is 17.5 Å². The Balaban J connectivity index is 2.37. The zero-order valence-corrected chi connectivity index (χ0v) is 10.2. The van der Waals surface area contributed by atoms with E-state index in [-0.39, 0.29) is 5.69 Å². The van der Waals surface area contributed by atoms with Crippen LogP contribution in [0.5, 0.6) is 0 Å². The van der Waals surface area contributed by atoms with Crippen molar-refractivity contribution < 1.29 is 21.6 Å². The summed E-state index contributed by atoms with van der Waals surface area (Å²) in [5.41, 5.74) is -0.0373. The number of hydrogen-bond acceptors (Lipinski definition) is 2. The third kappa shape index (κ3) is 3.25. The topological polar surface area (TPSA) is 46.2 Å². The van der Waals surface area contributed by atoms with Gasteiger partial charge in [-0.05, 0) is 30.3 Å². The first-order valence-electron chi connectivity index (χ1n) is 5.11. The summed E-state index contributed by atoms with van der Waals surface area (Å²) in [5, 5.41) is 0. The lowest BCUT2D eigenvalue weighted by Gasteiger charge is -2.08. The molecule has 0 fully saturated rings. The van der Waals surface area contributed by atoms with Crippen molar-refractivity contribution in [2.45, 2.75) is 4.90 Å². The Morgan fingerprint density at radius 1 is 0.842 bits per heavy atom. The van der Waals surface area contributed by atoms with Crippen LogP contribution in [0.3, 0.4) is 0 Å². The molecule has 0 aromatic heterocycles. The normalized spacial score (nSPS) is 11.3. The summed E-state index contributed by atoms with van der Waals surface area (Å²) in [7, 11) is -4.17. The Morgan fingerprint density at radius 3 is 2.05 bits per heavy atom. The van der Waals surface area contributed by atoms with Crippen molar-refractivity contribution in [2.24, 2.45) is 0 Å². The third-order valence-electron chi connectivity index (χ3n) is 2.22. The van der Waals surface area contributed by atoms with E-state index in [4.69, 9.17) is 0 Å². The summed E-state index contributed by atoms with van der Waals surface area (Å²) in [6.07, 6.45) is 0. The molecule has 0 aliphatic carbocycles. The Bertz CT molecular complexity index is 696. The van der Waals surface area contributed by atoms with Gasteiger partial charge >= 0.3 is 0 Å². The van der Waals surface area contributed by atoms with Crippen LogP contribution < -0.4 is 4.72 Å². The minimum absolute atomic E-state index is 0.0373. The van der Waals surface area contributed by atoms with E-state index in [0.29, 0.717) is 18.2 Å². The number of halogens is 3. The number of rotatable bonds is 3. The summed E-state index contributed by atoms with van der Waals surface area (Å²) < 4.78 is 64.6. The molecule has 19 heavy (non-hydrogen) atoms. The van der Waals surface area contributed by atoms with Crippen molar-refractivity contribution in [2.75, 3.05) is 4.72 Å². The van der Waals surface area contributed by atoms with E-state index in [0.717, 1.165) is 12.1 Å².